The molecule has 0 aliphatic heterocycles. The highest BCUT2D eigenvalue weighted by molar-refractivity contribution is 14.1. The lowest BCUT2D eigenvalue weighted by Crippen LogP contribution is -2.16. The van der Waals surface area contributed by atoms with Crippen LogP contribution in [0.5, 0.6) is 11.5 Å². The Kier molecular flexibility index (Phi) is 6.61. The number of halogens is 2. The van der Waals surface area contributed by atoms with E-state index in [0.717, 1.165) is 19.0 Å². The van der Waals surface area contributed by atoms with Gasteiger partial charge < -0.3 is 13.9 Å². The summed E-state index contributed by atoms with van der Waals surface area (Å²) in [7, 11) is 1.58. The van der Waals surface area contributed by atoms with Gasteiger partial charge in [0.15, 0.2) is 17.3 Å². The lowest BCUT2D eigenvalue weighted by Gasteiger charge is -2.13. The normalized spacial score (nSPS) is 11.4. The SMILES string of the molecule is COc1cc(/C=N/NC(=O)c2cc3cc(Br)cc(I)c3o2)ccc1OC(C)C. The summed E-state index contributed by atoms with van der Waals surface area (Å²) < 4.78 is 18.5. The molecule has 6 nitrogen and oxygen atoms in total. The van der Waals surface area contributed by atoms with E-state index in [0.29, 0.717) is 17.1 Å². The van der Waals surface area contributed by atoms with E-state index in [1.165, 1.54) is 6.21 Å². The predicted molar refractivity (Wildman–Crippen MR) is 120 cm³/mol. The monoisotopic (exact) mass is 556 g/mol. The number of fused-ring (bicyclic) bond motifs is 1. The van der Waals surface area contributed by atoms with Crippen LogP contribution in [-0.4, -0.2) is 25.3 Å². The first-order valence-electron chi connectivity index (χ1n) is 8.44. The summed E-state index contributed by atoms with van der Waals surface area (Å²) in [5, 5.41) is 4.85. The molecular formula is C20H18BrIN2O4. The summed E-state index contributed by atoms with van der Waals surface area (Å²) in [6.07, 6.45) is 1.57. The van der Waals surface area contributed by atoms with Crippen LogP contribution < -0.4 is 14.9 Å². The smallest absolute Gasteiger partial charge is 0.307 e. The number of carbonyl (C=O) groups is 1. The van der Waals surface area contributed by atoms with Gasteiger partial charge in [-0.1, -0.05) is 15.9 Å². The van der Waals surface area contributed by atoms with Gasteiger partial charge in [-0.05, 0) is 78.4 Å². The lowest BCUT2D eigenvalue weighted by atomic mass is 10.2. The van der Waals surface area contributed by atoms with Gasteiger partial charge in [0, 0.05) is 9.86 Å². The zero-order valence-corrected chi connectivity index (χ0v) is 19.2. The molecule has 0 saturated carbocycles. The molecule has 146 valence electrons. The fourth-order valence-electron chi connectivity index (χ4n) is 2.52. The largest absolute Gasteiger partial charge is 0.493 e. The minimum absolute atomic E-state index is 0.0419. The van der Waals surface area contributed by atoms with Crippen molar-refractivity contribution in [2.45, 2.75) is 20.0 Å². The van der Waals surface area contributed by atoms with Gasteiger partial charge in [-0.15, -0.1) is 0 Å². The van der Waals surface area contributed by atoms with E-state index in [1.54, 1.807) is 25.3 Å². The van der Waals surface area contributed by atoms with E-state index in [2.05, 4.69) is 49.0 Å². The second-order valence-corrected chi connectivity index (χ2v) is 8.27. The van der Waals surface area contributed by atoms with Gasteiger partial charge >= 0.3 is 5.91 Å². The Morgan fingerprint density at radius 3 is 2.75 bits per heavy atom. The van der Waals surface area contributed by atoms with Crippen molar-refractivity contribution in [3.63, 3.8) is 0 Å². The molecule has 0 unspecified atom stereocenters. The predicted octanol–water partition coefficient (Wildman–Crippen LogP) is 5.36. The minimum Gasteiger partial charge on any atom is -0.493 e. The third-order valence-corrected chi connectivity index (χ3v) is 4.95. The summed E-state index contributed by atoms with van der Waals surface area (Å²) in [6, 6.07) is 10.9. The molecule has 0 fully saturated rings. The Labute approximate surface area is 184 Å². The van der Waals surface area contributed by atoms with Crippen LogP contribution in [-0.2, 0) is 0 Å². The zero-order valence-electron chi connectivity index (χ0n) is 15.5. The van der Waals surface area contributed by atoms with Crippen molar-refractivity contribution < 1.29 is 18.7 Å². The van der Waals surface area contributed by atoms with E-state index in [9.17, 15) is 4.79 Å². The number of benzene rings is 2. The number of nitrogens with zero attached hydrogens (tertiary/aromatic N) is 1. The van der Waals surface area contributed by atoms with E-state index >= 15 is 0 Å². The van der Waals surface area contributed by atoms with Crippen LogP contribution in [0.25, 0.3) is 11.0 Å². The summed E-state index contributed by atoms with van der Waals surface area (Å²) in [6.45, 7) is 3.89. The van der Waals surface area contributed by atoms with E-state index in [4.69, 9.17) is 13.9 Å². The van der Waals surface area contributed by atoms with Gasteiger partial charge in [0.2, 0.25) is 0 Å². The van der Waals surface area contributed by atoms with Gasteiger partial charge in [0.1, 0.15) is 5.58 Å². The molecule has 3 rings (SSSR count). The number of hydrazone groups is 1. The van der Waals surface area contributed by atoms with E-state index in [-0.39, 0.29) is 11.9 Å². The van der Waals surface area contributed by atoms with Gasteiger partial charge in [-0.3, -0.25) is 4.79 Å². The molecule has 1 aromatic heterocycles. The third-order valence-electron chi connectivity index (χ3n) is 3.69. The lowest BCUT2D eigenvalue weighted by molar-refractivity contribution is 0.0929. The van der Waals surface area contributed by atoms with Crippen molar-refractivity contribution in [2.75, 3.05) is 7.11 Å². The molecule has 1 N–H and O–H groups in total. The Balaban J connectivity index is 1.72. The standard InChI is InChI=1S/C20H18BrIN2O4/c1-11(2)27-16-5-4-12(6-17(16)26-3)10-23-24-20(25)18-8-13-7-14(21)9-15(22)19(13)28-18/h4-11H,1-3H3,(H,24,25)/b23-10+. The molecule has 1 heterocycles. The topological polar surface area (TPSA) is 73.1 Å². The average Bonchev–Trinajstić information content (AvgIpc) is 3.06. The van der Waals surface area contributed by atoms with Crippen molar-refractivity contribution in [3.8, 4) is 11.5 Å². The van der Waals surface area contributed by atoms with Crippen molar-refractivity contribution in [2.24, 2.45) is 5.10 Å². The molecule has 3 aromatic rings. The number of furan rings is 1. The molecule has 0 aliphatic carbocycles. The van der Waals surface area contributed by atoms with Crippen molar-refractivity contribution in [1.29, 1.82) is 0 Å². The fraction of sp³-hybridized carbons (Fsp3) is 0.200. The number of carbonyl (C=O) groups excluding carboxylic acids is 1. The van der Waals surface area contributed by atoms with Gasteiger partial charge in [-0.25, -0.2) is 5.43 Å². The van der Waals surface area contributed by atoms with Crippen LogP contribution in [0.15, 0.2) is 50.4 Å². The summed E-state index contributed by atoms with van der Waals surface area (Å²) in [5.41, 5.74) is 3.91. The first-order chi connectivity index (χ1) is 13.4. The molecular weight excluding hydrogens is 539 g/mol. The molecule has 1 amide bonds. The Hall–Kier alpha value is -2.07. The highest BCUT2D eigenvalue weighted by atomic mass is 127. The number of nitrogens with one attached hydrogen (secondary N) is 1. The number of methoxy groups -OCH3 is 1. The maximum atomic E-state index is 12.3. The zero-order chi connectivity index (χ0) is 20.3. The van der Waals surface area contributed by atoms with Crippen LogP contribution in [0.1, 0.15) is 30.0 Å². The summed E-state index contributed by atoms with van der Waals surface area (Å²) in [4.78, 5) is 12.3. The Morgan fingerprint density at radius 1 is 1.25 bits per heavy atom. The second-order valence-electron chi connectivity index (χ2n) is 6.19. The molecule has 0 atom stereocenters. The molecule has 0 radical (unpaired) electrons. The first-order valence-corrected chi connectivity index (χ1v) is 10.3. The quantitative estimate of drug-likeness (QED) is 0.252. The second kappa shape index (κ2) is 8.95. The number of hydrogen-bond acceptors (Lipinski definition) is 5. The first kappa shape index (κ1) is 20.7. The molecule has 0 spiro atoms. The molecule has 8 heteroatoms. The molecule has 0 aliphatic rings. The summed E-state index contributed by atoms with van der Waals surface area (Å²) >= 11 is 5.60. The van der Waals surface area contributed by atoms with Crippen LogP contribution in [0, 0.1) is 3.57 Å². The van der Waals surface area contributed by atoms with Crippen LogP contribution in [0.3, 0.4) is 0 Å². The minimum atomic E-state index is -0.425. The molecule has 28 heavy (non-hydrogen) atoms. The third kappa shape index (κ3) is 4.85. The molecule has 0 bridgehead atoms. The van der Waals surface area contributed by atoms with Crippen molar-refractivity contribution >= 4 is 61.6 Å². The summed E-state index contributed by atoms with van der Waals surface area (Å²) in [5.74, 6) is 1.02. The number of hydrogen-bond donors (Lipinski definition) is 1. The highest BCUT2D eigenvalue weighted by Gasteiger charge is 2.14. The van der Waals surface area contributed by atoms with Gasteiger partial charge in [0.25, 0.3) is 0 Å². The maximum Gasteiger partial charge on any atom is 0.307 e. The Morgan fingerprint density at radius 2 is 2.04 bits per heavy atom. The van der Waals surface area contributed by atoms with Crippen molar-refractivity contribution in [3.05, 3.63) is 55.8 Å². The van der Waals surface area contributed by atoms with Crippen molar-refractivity contribution in [1.82, 2.24) is 5.43 Å². The van der Waals surface area contributed by atoms with Gasteiger partial charge in [-0.2, -0.15) is 5.10 Å². The van der Waals surface area contributed by atoms with Gasteiger partial charge in [0.05, 0.1) is 23.0 Å². The fourth-order valence-corrected chi connectivity index (χ4v) is 4.18. The average molecular weight is 557 g/mol. The molecule has 2 aromatic carbocycles. The number of amides is 1. The maximum absolute atomic E-state index is 12.3. The number of ether oxygens (including phenoxy) is 2. The molecule has 0 saturated heterocycles. The van der Waals surface area contributed by atoms with E-state index in [1.807, 2.05) is 32.0 Å². The van der Waals surface area contributed by atoms with Crippen LogP contribution in [0.2, 0.25) is 0 Å². The number of rotatable bonds is 6. The van der Waals surface area contributed by atoms with E-state index < -0.39 is 5.91 Å². The van der Waals surface area contributed by atoms with Crippen LogP contribution >= 0.6 is 38.5 Å². The van der Waals surface area contributed by atoms with Crippen LogP contribution in [0.4, 0.5) is 0 Å². The highest BCUT2D eigenvalue weighted by Crippen LogP contribution is 2.29. The Bertz CT molecular complexity index is 1050.